The first-order chi connectivity index (χ1) is 9.62. The topological polar surface area (TPSA) is 73.6 Å². The molecule has 5 nitrogen and oxygen atoms in total. The molecule has 1 fully saturated rings. The molecule has 2 aliphatic rings. The van der Waals surface area contributed by atoms with E-state index in [4.69, 9.17) is 15.2 Å². The second-order valence-corrected chi connectivity index (χ2v) is 5.71. The standard InChI is InChI=1S/C15H20N2O3.ClH/c1-15(9-16,11-3-4-11)17-14(18)10-2-5-12-13(8-10)20-7-6-19-12;/h2,5,8,11H,3-4,6-7,9,16H2,1H3,(H,17,18);1H. The number of nitrogens with one attached hydrogen (secondary N) is 1. The van der Waals surface area contributed by atoms with Crippen LogP contribution in [0.3, 0.4) is 0 Å². The van der Waals surface area contributed by atoms with Crippen LogP contribution in [0, 0.1) is 5.92 Å². The van der Waals surface area contributed by atoms with Crippen molar-refractivity contribution in [3.05, 3.63) is 23.8 Å². The number of carbonyl (C=O) groups is 1. The molecule has 1 heterocycles. The molecule has 1 aromatic carbocycles. The lowest BCUT2D eigenvalue weighted by Crippen LogP contribution is -2.53. The van der Waals surface area contributed by atoms with Gasteiger partial charge in [0, 0.05) is 12.1 Å². The van der Waals surface area contributed by atoms with E-state index in [1.54, 1.807) is 18.2 Å². The minimum atomic E-state index is -0.315. The zero-order valence-corrected chi connectivity index (χ0v) is 12.9. The quantitative estimate of drug-likeness (QED) is 0.888. The molecule has 0 saturated heterocycles. The highest BCUT2D eigenvalue weighted by atomic mass is 35.5. The Morgan fingerprint density at radius 1 is 1.33 bits per heavy atom. The summed E-state index contributed by atoms with van der Waals surface area (Å²) in [6, 6.07) is 5.26. The van der Waals surface area contributed by atoms with Crippen LogP contribution in [0.25, 0.3) is 0 Å². The Morgan fingerprint density at radius 3 is 2.62 bits per heavy atom. The van der Waals surface area contributed by atoms with Gasteiger partial charge in [-0.1, -0.05) is 0 Å². The first-order valence-corrected chi connectivity index (χ1v) is 7.04. The molecule has 21 heavy (non-hydrogen) atoms. The van der Waals surface area contributed by atoms with E-state index in [0.29, 0.717) is 42.7 Å². The molecule has 1 aliphatic carbocycles. The van der Waals surface area contributed by atoms with Crippen molar-refractivity contribution >= 4 is 18.3 Å². The summed E-state index contributed by atoms with van der Waals surface area (Å²) in [4.78, 5) is 12.4. The number of hydrogen-bond acceptors (Lipinski definition) is 4. The van der Waals surface area contributed by atoms with Crippen molar-refractivity contribution in [2.24, 2.45) is 11.7 Å². The van der Waals surface area contributed by atoms with E-state index in [0.717, 1.165) is 12.8 Å². The van der Waals surface area contributed by atoms with Gasteiger partial charge in [-0.25, -0.2) is 0 Å². The Hall–Kier alpha value is -1.46. The molecule has 0 spiro atoms. The summed E-state index contributed by atoms with van der Waals surface area (Å²) in [6.45, 7) is 3.53. The Bertz CT molecular complexity index is 534. The third kappa shape index (κ3) is 3.24. The van der Waals surface area contributed by atoms with E-state index >= 15 is 0 Å². The van der Waals surface area contributed by atoms with Gasteiger partial charge in [-0.05, 0) is 43.9 Å². The Balaban J connectivity index is 0.00000161. The van der Waals surface area contributed by atoms with Gasteiger partial charge >= 0.3 is 0 Å². The zero-order chi connectivity index (χ0) is 14.2. The molecule has 3 rings (SSSR count). The number of benzene rings is 1. The fraction of sp³-hybridized carbons (Fsp3) is 0.533. The number of amides is 1. The van der Waals surface area contributed by atoms with Crippen molar-refractivity contribution in [2.75, 3.05) is 19.8 Å². The third-order valence-corrected chi connectivity index (χ3v) is 4.11. The molecule has 0 radical (unpaired) electrons. The summed E-state index contributed by atoms with van der Waals surface area (Å²) in [5.41, 5.74) is 6.09. The minimum absolute atomic E-state index is 0. The van der Waals surface area contributed by atoms with Gasteiger partial charge < -0.3 is 20.5 Å². The summed E-state index contributed by atoms with van der Waals surface area (Å²) in [7, 11) is 0. The summed E-state index contributed by atoms with van der Waals surface area (Å²) < 4.78 is 11.0. The van der Waals surface area contributed by atoms with Crippen LogP contribution in [0.2, 0.25) is 0 Å². The van der Waals surface area contributed by atoms with E-state index in [-0.39, 0.29) is 23.9 Å². The third-order valence-electron chi connectivity index (χ3n) is 4.11. The monoisotopic (exact) mass is 312 g/mol. The number of ether oxygens (including phenoxy) is 2. The molecule has 1 amide bonds. The van der Waals surface area contributed by atoms with Gasteiger partial charge in [0.05, 0.1) is 5.54 Å². The number of hydrogen-bond donors (Lipinski definition) is 2. The Kier molecular flexibility index (Phi) is 4.64. The fourth-order valence-electron chi connectivity index (χ4n) is 2.56. The number of nitrogens with two attached hydrogens (primary N) is 1. The molecule has 1 atom stereocenters. The Labute approximate surface area is 130 Å². The zero-order valence-electron chi connectivity index (χ0n) is 12.1. The highest BCUT2D eigenvalue weighted by Gasteiger charge is 2.41. The molecule has 0 bridgehead atoms. The molecular weight excluding hydrogens is 292 g/mol. The fourth-order valence-corrected chi connectivity index (χ4v) is 2.56. The predicted octanol–water partition coefficient (Wildman–Crippen LogP) is 1.74. The first-order valence-electron chi connectivity index (χ1n) is 7.04. The average Bonchev–Trinajstić information content (AvgIpc) is 3.31. The average molecular weight is 313 g/mol. The highest BCUT2D eigenvalue weighted by molar-refractivity contribution is 5.95. The maximum atomic E-state index is 12.4. The molecule has 1 aromatic rings. The summed E-state index contributed by atoms with van der Waals surface area (Å²) >= 11 is 0. The van der Waals surface area contributed by atoms with E-state index in [1.807, 2.05) is 6.92 Å². The first kappa shape index (κ1) is 15.9. The second-order valence-electron chi connectivity index (χ2n) is 5.71. The van der Waals surface area contributed by atoms with Crippen LogP contribution >= 0.6 is 12.4 Å². The molecule has 6 heteroatoms. The lowest BCUT2D eigenvalue weighted by molar-refractivity contribution is 0.0896. The van der Waals surface area contributed by atoms with Gasteiger partial charge in [0.2, 0.25) is 0 Å². The SMILES string of the molecule is CC(CN)(NC(=O)c1ccc2c(c1)OCCO2)C1CC1.Cl. The molecular formula is C15H21ClN2O3. The molecule has 1 saturated carbocycles. The normalized spacial score (nSPS) is 19.1. The lowest BCUT2D eigenvalue weighted by atomic mass is 9.95. The van der Waals surface area contributed by atoms with Crippen LogP contribution in [0.1, 0.15) is 30.1 Å². The van der Waals surface area contributed by atoms with Crippen molar-refractivity contribution in [3.63, 3.8) is 0 Å². The van der Waals surface area contributed by atoms with Crippen molar-refractivity contribution in [2.45, 2.75) is 25.3 Å². The van der Waals surface area contributed by atoms with E-state index in [2.05, 4.69) is 5.32 Å². The lowest BCUT2D eigenvalue weighted by Gasteiger charge is -2.29. The maximum Gasteiger partial charge on any atom is 0.251 e. The second kappa shape index (κ2) is 6.12. The highest BCUT2D eigenvalue weighted by Crippen LogP contribution is 2.39. The van der Waals surface area contributed by atoms with E-state index < -0.39 is 0 Å². The number of carbonyl (C=O) groups excluding carboxylic acids is 1. The van der Waals surface area contributed by atoms with E-state index in [1.165, 1.54) is 0 Å². The van der Waals surface area contributed by atoms with Crippen molar-refractivity contribution < 1.29 is 14.3 Å². The van der Waals surface area contributed by atoms with Gasteiger partial charge in [-0.2, -0.15) is 0 Å². The Morgan fingerprint density at radius 2 is 2.00 bits per heavy atom. The van der Waals surface area contributed by atoms with Gasteiger partial charge in [-0.15, -0.1) is 12.4 Å². The summed E-state index contributed by atoms with van der Waals surface area (Å²) in [5, 5.41) is 3.07. The largest absolute Gasteiger partial charge is 0.486 e. The van der Waals surface area contributed by atoms with Gasteiger partial charge in [0.15, 0.2) is 11.5 Å². The smallest absolute Gasteiger partial charge is 0.251 e. The van der Waals surface area contributed by atoms with Crippen LogP contribution in [-0.2, 0) is 0 Å². The van der Waals surface area contributed by atoms with Crippen molar-refractivity contribution in [1.29, 1.82) is 0 Å². The molecule has 1 aliphatic heterocycles. The van der Waals surface area contributed by atoms with Crippen molar-refractivity contribution in [3.8, 4) is 11.5 Å². The number of halogens is 1. The van der Waals surface area contributed by atoms with Crippen LogP contribution in [0.15, 0.2) is 18.2 Å². The summed E-state index contributed by atoms with van der Waals surface area (Å²) in [5.74, 6) is 1.71. The number of rotatable bonds is 4. The molecule has 0 aromatic heterocycles. The van der Waals surface area contributed by atoms with Gasteiger partial charge in [0.25, 0.3) is 5.91 Å². The maximum absolute atomic E-state index is 12.4. The predicted molar refractivity (Wildman–Crippen MR) is 82.3 cm³/mol. The number of fused-ring (bicyclic) bond motifs is 1. The van der Waals surface area contributed by atoms with Crippen molar-refractivity contribution in [1.82, 2.24) is 5.32 Å². The molecule has 1 unspecified atom stereocenters. The van der Waals surface area contributed by atoms with Gasteiger partial charge in [-0.3, -0.25) is 4.79 Å². The van der Waals surface area contributed by atoms with Crippen LogP contribution in [-0.4, -0.2) is 31.2 Å². The summed E-state index contributed by atoms with van der Waals surface area (Å²) in [6.07, 6.45) is 2.27. The van der Waals surface area contributed by atoms with Crippen LogP contribution in [0.4, 0.5) is 0 Å². The molecule has 116 valence electrons. The van der Waals surface area contributed by atoms with Crippen LogP contribution < -0.4 is 20.5 Å². The minimum Gasteiger partial charge on any atom is -0.486 e. The molecule has 3 N–H and O–H groups in total. The van der Waals surface area contributed by atoms with Gasteiger partial charge in [0.1, 0.15) is 13.2 Å². The van der Waals surface area contributed by atoms with E-state index in [9.17, 15) is 4.79 Å². The van der Waals surface area contributed by atoms with Crippen LogP contribution in [0.5, 0.6) is 11.5 Å².